The van der Waals surface area contributed by atoms with E-state index in [9.17, 15) is 9.18 Å². The molecule has 0 saturated heterocycles. The fourth-order valence-corrected chi connectivity index (χ4v) is 3.77. The van der Waals surface area contributed by atoms with Gasteiger partial charge in [-0.1, -0.05) is 6.08 Å². The van der Waals surface area contributed by atoms with Crippen LogP contribution in [-0.4, -0.2) is 42.4 Å². The lowest BCUT2D eigenvalue weighted by Gasteiger charge is -2.14. The van der Waals surface area contributed by atoms with Gasteiger partial charge < -0.3 is 15.4 Å². The molecule has 1 aromatic carbocycles. The number of hydrogen-bond acceptors (Lipinski definition) is 5. The summed E-state index contributed by atoms with van der Waals surface area (Å²) in [4.78, 5) is 22.1. The van der Waals surface area contributed by atoms with Crippen molar-refractivity contribution in [1.29, 1.82) is 0 Å². The summed E-state index contributed by atoms with van der Waals surface area (Å²) < 4.78 is 17.5. The molecule has 3 aromatic rings. The summed E-state index contributed by atoms with van der Waals surface area (Å²) in [5.74, 6) is 0.644. The second-order valence-corrected chi connectivity index (χ2v) is 7.13. The number of amides is 2. The molecule has 1 aliphatic heterocycles. The number of urea groups is 1. The molecule has 0 unspecified atom stereocenters. The van der Waals surface area contributed by atoms with Crippen LogP contribution in [0.3, 0.4) is 0 Å². The van der Waals surface area contributed by atoms with Gasteiger partial charge in [-0.25, -0.2) is 19.2 Å². The summed E-state index contributed by atoms with van der Waals surface area (Å²) in [6.45, 7) is 0.689. The first-order chi connectivity index (χ1) is 13.7. The number of carbonyl (C=O) groups is 1. The average Bonchev–Trinajstić information content (AvgIpc) is 3.21. The predicted octanol–water partition coefficient (Wildman–Crippen LogP) is 4.25. The number of carbonyl (C=O) groups excluding carboxylic acids is 1. The zero-order valence-corrected chi connectivity index (χ0v) is 15.9. The maximum Gasteiger partial charge on any atom is 0.319 e. The molecule has 4 rings (SSSR count). The van der Waals surface area contributed by atoms with E-state index in [1.54, 1.807) is 23.5 Å². The van der Waals surface area contributed by atoms with E-state index in [1.807, 2.05) is 17.5 Å². The summed E-state index contributed by atoms with van der Waals surface area (Å²) in [7, 11) is 0. The van der Waals surface area contributed by atoms with Gasteiger partial charge in [-0.15, -0.1) is 11.3 Å². The van der Waals surface area contributed by atoms with Crippen molar-refractivity contribution in [2.45, 2.75) is 6.42 Å². The number of thiophene rings is 1. The van der Waals surface area contributed by atoms with Gasteiger partial charge in [0.2, 0.25) is 0 Å². The monoisotopic (exact) mass is 398 g/mol. The molecule has 2 aromatic heterocycles. The maximum absolute atomic E-state index is 12.1. The quantitative estimate of drug-likeness (QED) is 0.674. The first kappa shape index (κ1) is 18.5. The second kappa shape index (κ2) is 8.45. The van der Waals surface area contributed by atoms with Crippen molar-refractivity contribution >= 4 is 38.8 Å². The van der Waals surface area contributed by atoms with Crippen LogP contribution in [0.4, 0.5) is 14.9 Å². The topological polar surface area (TPSA) is 76.1 Å². The van der Waals surface area contributed by atoms with E-state index in [-0.39, 0.29) is 6.54 Å². The fourth-order valence-electron chi connectivity index (χ4n) is 3.01. The predicted molar refractivity (Wildman–Crippen MR) is 109 cm³/mol. The lowest BCUT2D eigenvalue weighted by atomic mass is 10.0. The highest BCUT2D eigenvalue weighted by atomic mass is 32.1. The van der Waals surface area contributed by atoms with Gasteiger partial charge in [-0.3, -0.25) is 0 Å². The molecule has 0 atom stereocenters. The Hall–Kier alpha value is -2.84. The van der Waals surface area contributed by atoms with Crippen LogP contribution in [0, 0.1) is 0 Å². The Morgan fingerprint density at radius 2 is 2.07 bits per heavy atom. The van der Waals surface area contributed by atoms with Crippen LogP contribution in [0.5, 0.6) is 0 Å². The fraction of sp³-hybridized carbons (Fsp3) is 0.250. The van der Waals surface area contributed by atoms with Gasteiger partial charge in [-0.05, 0) is 47.7 Å². The van der Waals surface area contributed by atoms with E-state index in [1.165, 1.54) is 5.57 Å². The number of anilines is 1. The van der Waals surface area contributed by atoms with Gasteiger partial charge in [-0.2, -0.15) is 0 Å². The smallest absolute Gasteiger partial charge is 0.319 e. The highest BCUT2D eigenvalue weighted by Gasteiger charge is 2.16. The molecule has 1 aliphatic rings. The van der Waals surface area contributed by atoms with Gasteiger partial charge in [0.05, 0.1) is 18.9 Å². The van der Waals surface area contributed by atoms with Crippen molar-refractivity contribution in [1.82, 2.24) is 15.3 Å². The third-order valence-electron chi connectivity index (χ3n) is 4.37. The van der Waals surface area contributed by atoms with Crippen LogP contribution >= 0.6 is 11.3 Å². The van der Waals surface area contributed by atoms with E-state index in [4.69, 9.17) is 14.7 Å². The Kier molecular flexibility index (Phi) is 5.59. The lowest BCUT2D eigenvalue weighted by molar-refractivity contribution is 0.161. The number of ether oxygens (including phenoxy) is 1. The van der Waals surface area contributed by atoms with Crippen LogP contribution < -0.4 is 10.6 Å². The first-order valence-electron chi connectivity index (χ1n) is 8.98. The molecule has 2 amide bonds. The molecule has 0 fully saturated rings. The zero-order chi connectivity index (χ0) is 19.3. The summed E-state index contributed by atoms with van der Waals surface area (Å²) in [5, 5.41) is 8.17. The van der Waals surface area contributed by atoms with Crippen LogP contribution in [0.15, 0.2) is 41.8 Å². The first-order valence-corrected chi connectivity index (χ1v) is 9.86. The third-order valence-corrected chi connectivity index (χ3v) is 5.18. The largest absolute Gasteiger partial charge is 0.377 e. The SMILES string of the molecule is O=C(NCCF)Nc1ccc(-c2nc(C3=CCOCC3)c3ccsc3n2)cc1. The Morgan fingerprint density at radius 3 is 2.82 bits per heavy atom. The van der Waals surface area contributed by atoms with Gasteiger partial charge in [0.25, 0.3) is 0 Å². The summed E-state index contributed by atoms with van der Waals surface area (Å²) in [5.41, 5.74) is 3.61. The molecule has 2 N–H and O–H groups in total. The van der Waals surface area contributed by atoms with Crippen molar-refractivity contribution in [3.8, 4) is 11.4 Å². The minimum atomic E-state index is -0.597. The number of rotatable bonds is 5. The van der Waals surface area contributed by atoms with E-state index in [0.29, 0.717) is 24.7 Å². The number of nitrogens with one attached hydrogen (secondary N) is 2. The van der Waals surface area contributed by atoms with Crippen molar-refractivity contribution in [3.05, 3.63) is 47.5 Å². The molecule has 0 bridgehead atoms. The number of nitrogens with zero attached hydrogens (tertiary/aromatic N) is 2. The van der Waals surface area contributed by atoms with Crippen LogP contribution in [0.2, 0.25) is 0 Å². The second-order valence-electron chi connectivity index (χ2n) is 6.24. The van der Waals surface area contributed by atoms with Gasteiger partial charge >= 0.3 is 6.03 Å². The Balaban J connectivity index is 1.62. The number of fused-ring (bicyclic) bond motifs is 1. The summed E-state index contributed by atoms with van der Waals surface area (Å²) in [6.07, 6.45) is 2.91. The third kappa shape index (κ3) is 4.02. The number of aromatic nitrogens is 2. The highest BCUT2D eigenvalue weighted by molar-refractivity contribution is 7.16. The summed E-state index contributed by atoms with van der Waals surface area (Å²) in [6, 6.07) is 8.90. The molecular formula is C20H19FN4O2S. The molecule has 28 heavy (non-hydrogen) atoms. The molecule has 0 aliphatic carbocycles. The highest BCUT2D eigenvalue weighted by Crippen LogP contribution is 2.31. The number of alkyl halides is 1. The van der Waals surface area contributed by atoms with Gasteiger partial charge in [0.15, 0.2) is 5.82 Å². The number of halogens is 1. The number of benzene rings is 1. The average molecular weight is 398 g/mol. The van der Waals surface area contributed by atoms with E-state index < -0.39 is 12.7 Å². The van der Waals surface area contributed by atoms with Gasteiger partial charge in [0.1, 0.15) is 11.5 Å². The molecule has 0 spiro atoms. The van der Waals surface area contributed by atoms with E-state index >= 15 is 0 Å². The van der Waals surface area contributed by atoms with Crippen LogP contribution in [0.1, 0.15) is 12.1 Å². The zero-order valence-electron chi connectivity index (χ0n) is 15.1. The van der Waals surface area contributed by atoms with Crippen molar-refractivity contribution in [2.24, 2.45) is 0 Å². The minimum absolute atomic E-state index is 0.0117. The minimum Gasteiger partial charge on any atom is -0.377 e. The van der Waals surface area contributed by atoms with Crippen molar-refractivity contribution in [2.75, 3.05) is 31.7 Å². The normalized spacial score (nSPS) is 14.0. The summed E-state index contributed by atoms with van der Waals surface area (Å²) >= 11 is 1.59. The molecule has 0 saturated carbocycles. The van der Waals surface area contributed by atoms with Crippen molar-refractivity contribution in [3.63, 3.8) is 0 Å². The Labute approximate surface area is 165 Å². The maximum atomic E-state index is 12.1. The standard InChI is InChI=1S/C20H19FN4O2S/c21-8-9-22-20(26)23-15-3-1-14(2-4-15)18-24-17(13-5-10-27-11-6-13)16-7-12-28-19(16)25-18/h1-5,7,12H,6,8-11H2,(H2,22,23,26). The molecule has 3 heterocycles. The molecule has 6 nitrogen and oxygen atoms in total. The molecule has 144 valence electrons. The van der Waals surface area contributed by atoms with E-state index in [2.05, 4.69) is 22.8 Å². The Bertz CT molecular complexity index is 1020. The lowest BCUT2D eigenvalue weighted by Crippen LogP contribution is -2.30. The molecule has 8 heteroatoms. The van der Waals surface area contributed by atoms with E-state index in [0.717, 1.165) is 27.9 Å². The number of hydrogen-bond donors (Lipinski definition) is 2. The van der Waals surface area contributed by atoms with Crippen LogP contribution in [0.25, 0.3) is 27.2 Å². The molecular weight excluding hydrogens is 379 g/mol. The van der Waals surface area contributed by atoms with Crippen LogP contribution in [-0.2, 0) is 4.74 Å². The molecule has 0 radical (unpaired) electrons. The van der Waals surface area contributed by atoms with Crippen molar-refractivity contribution < 1.29 is 13.9 Å². The van der Waals surface area contributed by atoms with Gasteiger partial charge in [0, 0.05) is 23.2 Å². The Morgan fingerprint density at radius 1 is 1.21 bits per heavy atom.